The number of benzene rings is 1. The zero-order valence-corrected chi connectivity index (χ0v) is 22.7. The zero-order valence-electron chi connectivity index (χ0n) is 22.7. The Morgan fingerprint density at radius 1 is 1.06 bits per heavy atom. The van der Waals surface area contributed by atoms with Gasteiger partial charge in [-0.2, -0.15) is 0 Å². The van der Waals surface area contributed by atoms with Gasteiger partial charge in [-0.1, -0.05) is 81.6 Å². The number of unbranched alkanes of at least 4 members (excludes halogenated alkanes) is 3. The fourth-order valence-electron chi connectivity index (χ4n) is 4.42. The number of allylic oxidation sites excluding steroid dienone is 9. The Balaban J connectivity index is 1.84. The van der Waals surface area contributed by atoms with Gasteiger partial charge in [0.2, 0.25) is 5.91 Å². The van der Waals surface area contributed by atoms with Gasteiger partial charge in [-0.3, -0.25) is 4.79 Å². The molecule has 0 atom stereocenters. The van der Waals surface area contributed by atoms with Gasteiger partial charge in [0.25, 0.3) is 0 Å². The molecular formula is C32H45NO2. The fraction of sp³-hybridized carbons (Fsp3) is 0.469. The molecule has 2 rings (SSSR count). The van der Waals surface area contributed by atoms with Crippen LogP contribution >= 0.6 is 0 Å². The number of carbonyl (C=O) groups is 1. The molecule has 0 aromatic heterocycles. The molecular weight excluding hydrogens is 430 g/mol. The van der Waals surface area contributed by atoms with Gasteiger partial charge in [0.15, 0.2) is 0 Å². The standard InChI is InChI=1S/C32H45NO2/c1-7-8-9-10-23-35-29-19-17-28(18-20-29)33-31(34)24-26(3)14-11-13-25(2)16-21-30-27(4)15-12-22-32(30,5)6/h11,13-14,16-21,24H,7-10,12,15,22-23H2,1-6H3,(H,33,34)/b14-11+,21-16+,25-13+,26-24+. The Bertz CT molecular complexity index is 971. The number of anilines is 1. The average Bonchev–Trinajstić information content (AvgIpc) is 2.79. The molecule has 190 valence electrons. The van der Waals surface area contributed by atoms with E-state index in [9.17, 15) is 4.79 Å². The minimum Gasteiger partial charge on any atom is -0.494 e. The van der Waals surface area contributed by atoms with E-state index >= 15 is 0 Å². The number of carbonyl (C=O) groups excluding carboxylic acids is 1. The highest BCUT2D eigenvalue weighted by Gasteiger charge is 2.26. The molecule has 0 spiro atoms. The quantitative estimate of drug-likeness (QED) is 0.186. The lowest BCUT2D eigenvalue weighted by Gasteiger charge is -2.32. The highest BCUT2D eigenvalue weighted by Crippen LogP contribution is 2.40. The van der Waals surface area contributed by atoms with Crippen molar-refractivity contribution in [2.45, 2.75) is 86.5 Å². The summed E-state index contributed by atoms with van der Waals surface area (Å²) in [5, 5.41) is 2.92. The van der Waals surface area contributed by atoms with Crippen LogP contribution in [0, 0.1) is 5.41 Å². The summed E-state index contributed by atoms with van der Waals surface area (Å²) >= 11 is 0. The van der Waals surface area contributed by atoms with E-state index in [4.69, 9.17) is 4.74 Å². The number of rotatable bonds is 12. The predicted octanol–water partition coefficient (Wildman–Crippen LogP) is 9.12. The van der Waals surface area contributed by atoms with Crippen molar-refractivity contribution in [3.05, 3.63) is 83.0 Å². The van der Waals surface area contributed by atoms with Crippen LogP contribution in [0.4, 0.5) is 5.69 Å². The van der Waals surface area contributed by atoms with Gasteiger partial charge < -0.3 is 10.1 Å². The molecule has 0 fully saturated rings. The van der Waals surface area contributed by atoms with Crippen molar-refractivity contribution in [1.29, 1.82) is 0 Å². The third-order valence-electron chi connectivity index (χ3n) is 6.52. The van der Waals surface area contributed by atoms with Crippen LogP contribution in [0.2, 0.25) is 0 Å². The van der Waals surface area contributed by atoms with Gasteiger partial charge in [-0.15, -0.1) is 0 Å². The van der Waals surface area contributed by atoms with Crippen LogP contribution < -0.4 is 10.1 Å². The first-order valence-electron chi connectivity index (χ1n) is 13.2. The van der Waals surface area contributed by atoms with E-state index < -0.39 is 0 Å². The third kappa shape index (κ3) is 10.5. The average molecular weight is 476 g/mol. The van der Waals surface area contributed by atoms with Gasteiger partial charge in [-0.05, 0) is 87.3 Å². The first kappa shape index (κ1) is 28.4. The second-order valence-corrected chi connectivity index (χ2v) is 10.3. The third-order valence-corrected chi connectivity index (χ3v) is 6.52. The Kier molecular flexibility index (Phi) is 11.8. The van der Waals surface area contributed by atoms with Crippen LogP contribution in [0.3, 0.4) is 0 Å². The van der Waals surface area contributed by atoms with Crippen molar-refractivity contribution in [2.75, 3.05) is 11.9 Å². The predicted molar refractivity (Wildman–Crippen MR) is 151 cm³/mol. The lowest BCUT2D eigenvalue weighted by molar-refractivity contribution is -0.111. The molecule has 0 bridgehead atoms. The SMILES string of the molecule is CCCCCCOc1ccc(NC(=O)/C=C(C)/C=C/C=C(C)/C=C/C2=C(C)CCCC2(C)C)cc1. The molecule has 35 heavy (non-hydrogen) atoms. The minimum absolute atomic E-state index is 0.136. The smallest absolute Gasteiger partial charge is 0.248 e. The van der Waals surface area contributed by atoms with E-state index in [0.29, 0.717) is 0 Å². The number of hydrogen-bond acceptors (Lipinski definition) is 2. The Hall–Kier alpha value is -2.81. The summed E-state index contributed by atoms with van der Waals surface area (Å²) in [6.45, 7) is 13.9. The molecule has 1 amide bonds. The summed E-state index contributed by atoms with van der Waals surface area (Å²) in [4.78, 5) is 12.4. The van der Waals surface area contributed by atoms with E-state index in [1.807, 2.05) is 43.3 Å². The van der Waals surface area contributed by atoms with Crippen molar-refractivity contribution < 1.29 is 9.53 Å². The molecule has 0 aliphatic heterocycles. The fourth-order valence-corrected chi connectivity index (χ4v) is 4.42. The molecule has 1 N–H and O–H groups in total. The number of hydrogen-bond donors (Lipinski definition) is 1. The van der Waals surface area contributed by atoms with Crippen molar-refractivity contribution in [3.8, 4) is 5.75 Å². The summed E-state index contributed by atoms with van der Waals surface area (Å²) in [5.74, 6) is 0.701. The van der Waals surface area contributed by atoms with E-state index in [1.165, 1.54) is 55.2 Å². The summed E-state index contributed by atoms with van der Waals surface area (Å²) in [5.41, 5.74) is 6.08. The summed E-state index contributed by atoms with van der Waals surface area (Å²) < 4.78 is 5.76. The Labute approximate surface area is 213 Å². The molecule has 0 saturated heterocycles. The number of ether oxygens (including phenoxy) is 1. The van der Waals surface area contributed by atoms with Crippen LogP contribution in [0.15, 0.2) is 83.0 Å². The molecule has 3 nitrogen and oxygen atoms in total. The molecule has 3 heteroatoms. The molecule has 1 aromatic rings. The molecule has 0 saturated carbocycles. The van der Waals surface area contributed by atoms with Crippen LogP contribution in [0.1, 0.15) is 86.5 Å². The van der Waals surface area contributed by atoms with Crippen LogP contribution in [-0.4, -0.2) is 12.5 Å². The maximum atomic E-state index is 12.4. The summed E-state index contributed by atoms with van der Waals surface area (Å²) in [7, 11) is 0. The van der Waals surface area contributed by atoms with Gasteiger partial charge in [-0.25, -0.2) is 0 Å². The summed E-state index contributed by atoms with van der Waals surface area (Å²) in [6.07, 6.45) is 20.6. The normalized spacial score (nSPS) is 16.9. The van der Waals surface area contributed by atoms with Gasteiger partial charge >= 0.3 is 0 Å². The second-order valence-electron chi connectivity index (χ2n) is 10.3. The van der Waals surface area contributed by atoms with Crippen LogP contribution in [0.5, 0.6) is 5.75 Å². The minimum atomic E-state index is -0.136. The first-order chi connectivity index (χ1) is 16.7. The van der Waals surface area contributed by atoms with Gasteiger partial charge in [0.05, 0.1) is 6.61 Å². The number of nitrogens with one attached hydrogen (secondary N) is 1. The number of amides is 1. The summed E-state index contributed by atoms with van der Waals surface area (Å²) in [6, 6.07) is 7.56. The maximum Gasteiger partial charge on any atom is 0.248 e. The van der Waals surface area contributed by atoms with Crippen molar-refractivity contribution in [3.63, 3.8) is 0 Å². The molecule has 0 radical (unpaired) electrons. The maximum absolute atomic E-state index is 12.4. The van der Waals surface area contributed by atoms with Crippen LogP contribution in [-0.2, 0) is 4.79 Å². The first-order valence-corrected chi connectivity index (χ1v) is 13.2. The monoisotopic (exact) mass is 475 g/mol. The molecule has 0 heterocycles. The van der Waals surface area contributed by atoms with Crippen molar-refractivity contribution in [2.24, 2.45) is 5.41 Å². The molecule has 1 aliphatic carbocycles. The van der Waals surface area contributed by atoms with E-state index in [2.05, 4.69) is 58.2 Å². The van der Waals surface area contributed by atoms with Crippen molar-refractivity contribution >= 4 is 11.6 Å². The second kappa shape index (κ2) is 14.6. The molecule has 1 aromatic carbocycles. The lowest BCUT2D eigenvalue weighted by atomic mass is 9.72. The zero-order chi connectivity index (χ0) is 25.7. The lowest BCUT2D eigenvalue weighted by Crippen LogP contribution is -2.19. The van der Waals surface area contributed by atoms with Crippen LogP contribution in [0.25, 0.3) is 0 Å². The Morgan fingerprint density at radius 2 is 1.80 bits per heavy atom. The van der Waals surface area contributed by atoms with Gasteiger partial charge in [0, 0.05) is 11.8 Å². The highest BCUT2D eigenvalue weighted by molar-refractivity contribution is 6.00. The molecule has 1 aliphatic rings. The van der Waals surface area contributed by atoms with E-state index in [-0.39, 0.29) is 11.3 Å². The molecule has 0 unspecified atom stereocenters. The van der Waals surface area contributed by atoms with E-state index in [0.717, 1.165) is 30.0 Å². The van der Waals surface area contributed by atoms with Gasteiger partial charge in [0.1, 0.15) is 5.75 Å². The van der Waals surface area contributed by atoms with Crippen molar-refractivity contribution in [1.82, 2.24) is 0 Å². The largest absolute Gasteiger partial charge is 0.494 e. The van der Waals surface area contributed by atoms with E-state index in [1.54, 1.807) is 6.08 Å². The highest BCUT2D eigenvalue weighted by atomic mass is 16.5. The Morgan fingerprint density at radius 3 is 2.49 bits per heavy atom. The topological polar surface area (TPSA) is 38.3 Å².